The van der Waals surface area contributed by atoms with Crippen LogP contribution in [0.25, 0.3) is 0 Å². The van der Waals surface area contributed by atoms with Crippen LogP contribution in [0.4, 0.5) is 0 Å². The first-order valence-corrected chi connectivity index (χ1v) is 6.44. The van der Waals surface area contributed by atoms with E-state index in [-0.39, 0.29) is 12.2 Å². The minimum Gasteiger partial charge on any atom is -0.292 e. The molecule has 6 heteroatoms. The SMILES string of the molecule is CCn1nc(C)c(Cl)c1CC(=O)c1cnc(C)cn1. The van der Waals surface area contributed by atoms with Crippen LogP contribution in [0.5, 0.6) is 0 Å². The third-order valence-electron chi connectivity index (χ3n) is 2.85. The zero-order valence-electron chi connectivity index (χ0n) is 11.1. The molecule has 0 saturated heterocycles. The Hall–Kier alpha value is -1.75. The highest BCUT2D eigenvalue weighted by Gasteiger charge is 2.17. The van der Waals surface area contributed by atoms with Gasteiger partial charge in [-0.25, -0.2) is 4.98 Å². The van der Waals surface area contributed by atoms with Crippen molar-refractivity contribution in [2.75, 3.05) is 0 Å². The third kappa shape index (κ3) is 2.81. The lowest BCUT2D eigenvalue weighted by atomic mass is 10.1. The number of aromatic nitrogens is 4. The maximum Gasteiger partial charge on any atom is 0.188 e. The van der Waals surface area contributed by atoms with Crippen molar-refractivity contribution >= 4 is 17.4 Å². The fraction of sp³-hybridized carbons (Fsp3) is 0.385. The molecule has 0 unspecified atom stereocenters. The fourth-order valence-corrected chi connectivity index (χ4v) is 2.02. The Morgan fingerprint density at radius 1 is 1.32 bits per heavy atom. The quantitative estimate of drug-likeness (QED) is 0.806. The summed E-state index contributed by atoms with van der Waals surface area (Å²) in [5, 5.41) is 4.84. The second-order valence-corrected chi connectivity index (χ2v) is 4.68. The second-order valence-electron chi connectivity index (χ2n) is 4.30. The van der Waals surface area contributed by atoms with Crippen molar-refractivity contribution < 1.29 is 4.79 Å². The molecule has 0 spiro atoms. The van der Waals surface area contributed by atoms with Crippen molar-refractivity contribution in [1.29, 1.82) is 0 Å². The van der Waals surface area contributed by atoms with Gasteiger partial charge in [-0.1, -0.05) is 11.6 Å². The van der Waals surface area contributed by atoms with E-state index in [0.29, 0.717) is 17.3 Å². The van der Waals surface area contributed by atoms with E-state index in [4.69, 9.17) is 11.6 Å². The van der Waals surface area contributed by atoms with Gasteiger partial charge in [0.15, 0.2) is 5.78 Å². The summed E-state index contributed by atoms with van der Waals surface area (Å²) in [6, 6.07) is 0. The molecule has 0 aromatic carbocycles. The normalized spacial score (nSPS) is 10.7. The molecule has 5 nitrogen and oxygen atoms in total. The number of nitrogens with zero attached hydrogens (tertiary/aromatic N) is 4. The summed E-state index contributed by atoms with van der Waals surface area (Å²) in [4.78, 5) is 20.3. The van der Waals surface area contributed by atoms with Gasteiger partial charge in [0.1, 0.15) is 5.69 Å². The van der Waals surface area contributed by atoms with Gasteiger partial charge in [-0.2, -0.15) is 5.10 Å². The number of halogens is 1. The van der Waals surface area contributed by atoms with Crippen molar-refractivity contribution in [2.24, 2.45) is 0 Å². The summed E-state index contributed by atoms with van der Waals surface area (Å²) in [5.41, 5.74) is 2.60. The summed E-state index contributed by atoms with van der Waals surface area (Å²) in [6.07, 6.45) is 3.26. The molecule has 100 valence electrons. The van der Waals surface area contributed by atoms with Crippen LogP contribution in [0.1, 0.15) is 34.5 Å². The van der Waals surface area contributed by atoms with Gasteiger partial charge >= 0.3 is 0 Å². The molecule has 0 bridgehead atoms. The number of Topliss-reactive ketones (excluding diaryl/α,β-unsaturated/α-hetero) is 1. The maximum absolute atomic E-state index is 12.2. The van der Waals surface area contributed by atoms with E-state index in [2.05, 4.69) is 15.1 Å². The van der Waals surface area contributed by atoms with E-state index < -0.39 is 0 Å². The molecule has 0 aliphatic heterocycles. The molecular weight excluding hydrogens is 264 g/mol. The Bertz CT molecular complexity index is 604. The third-order valence-corrected chi connectivity index (χ3v) is 3.34. The van der Waals surface area contributed by atoms with Crippen LogP contribution in [-0.2, 0) is 13.0 Å². The summed E-state index contributed by atoms with van der Waals surface area (Å²) < 4.78 is 1.75. The standard InChI is InChI=1S/C13H15ClN4O/c1-4-18-11(13(14)9(3)17-18)5-12(19)10-7-15-8(2)6-16-10/h6-7H,4-5H2,1-3H3. The lowest BCUT2D eigenvalue weighted by Gasteiger charge is -2.04. The second kappa shape index (κ2) is 5.48. The van der Waals surface area contributed by atoms with Gasteiger partial charge in [0, 0.05) is 12.7 Å². The van der Waals surface area contributed by atoms with Crippen LogP contribution in [0, 0.1) is 13.8 Å². The molecule has 2 rings (SSSR count). The first-order valence-electron chi connectivity index (χ1n) is 6.06. The monoisotopic (exact) mass is 278 g/mol. The number of hydrogen-bond acceptors (Lipinski definition) is 4. The molecule has 0 amide bonds. The van der Waals surface area contributed by atoms with E-state index >= 15 is 0 Å². The number of carbonyl (C=O) groups is 1. The lowest BCUT2D eigenvalue weighted by molar-refractivity contribution is 0.0985. The summed E-state index contributed by atoms with van der Waals surface area (Å²) in [6.45, 7) is 6.29. The molecule has 0 aliphatic rings. The smallest absolute Gasteiger partial charge is 0.188 e. The topological polar surface area (TPSA) is 60.7 Å². The van der Waals surface area contributed by atoms with Gasteiger partial charge in [-0.15, -0.1) is 0 Å². The maximum atomic E-state index is 12.2. The zero-order valence-corrected chi connectivity index (χ0v) is 11.9. The van der Waals surface area contributed by atoms with Gasteiger partial charge < -0.3 is 0 Å². The van der Waals surface area contributed by atoms with E-state index in [9.17, 15) is 4.79 Å². The summed E-state index contributed by atoms with van der Waals surface area (Å²) >= 11 is 6.18. The predicted octanol–water partition coefficient (Wildman–Crippen LogP) is 2.39. The number of carbonyl (C=O) groups excluding carboxylic acids is 1. The molecule has 19 heavy (non-hydrogen) atoms. The minimum absolute atomic E-state index is 0.107. The van der Waals surface area contributed by atoms with Gasteiger partial charge in [0.05, 0.1) is 34.7 Å². The number of rotatable bonds is 4. The van der Waals surface area contributed by atoms with E-state index in [1.54, 1.807) is 10.9 Å². The first-order chi connectivity index (χ1) is 9.02. The molecule has 2 heterocycles. The highest BCUT2D eigenvalue weighted by molar-refractivity contribution is 6.32. The van der Waals surface area contributed by atoms with E-state index in [1.165, 1.54) is 6.20 Å². The number of hydrogen-bond donors (Lipinski definition) is 0. The molecule has 0 atom stereocenters. The van der Waals surface area contributed by atoms with Gasteiger partial charge in [0.2, 0.25) is 0 Å². The van der Waals surface area contributed by atoms with E-state index in [0.717, 1.165) is 17.1 Å². The van der Waals surface area contributed by atoms with Crippen molar-refractivity contribution in [1.82, 2.24) is 19.7 Å². The van der Waals surface area contributed by atoms with Gasteiger partial charge in [-0.3, -0.25) is 14.5 Å². The van der Waals surface area contributed by atoms with Crippen LogP contribution < -0.4 is 0 Å². The summed E-state index contributed by atoms with van der Waals surface area (Å²) in [7, 11) is 0. The molecular formula is C13H15ClN4O. The minimum atomic E-state index is -0.107. The lowest BCUT2D eigenvalue weighted by Crippen LogP contribution is -2.11. The van der Waals surface area contributed by atoms with Crippen molar-refractivity contribution in [3.8, 4) is 0 Å². The van der Waals surface area contributed by atoms with Crippen LogP contribution >= 0.6 is 11.6 Å². The van der Waals surface area contributed by atoms with Crippen molar-refractivity contribution in [2.45, 2.75) is 33.7 Å². The van der Waals surface area contributed by atoms with Crippen LogP contribution in [-0.4, -0.2) is 25.5 Å². The van der Waals surface area contributed by atoms with Crippen LogP contribution in [0.3, 0.4) is 0 Å². The molecule has 0 saturated carbocycles. The molecule has 2 aromatic heterocycles. The van der Waals surface area contributed by atoms with Gasteiger partial charge in [0.25, 0.3) is 0 Å². The van der Waals surface area contributed by atoms with Crippen LogP contribution in [0.2, 0.25) is 5.02 Å². The Morgan fingerprint density at radius 2 is 2.05 bits per heavy atom. The Morgan fingerprint density at radius 3 is 2.63 bits per heavy atom. The highest BCUT2D eigenvalue weighted by atomic mass is 35.5. The Kier molecular flexibility index (Phi) is 3.95. The fourth-order valence-electron chi connectivity index (χ4n) is 1.82. The van der Waals surface area contributed by atoms with Crippen molar-refractivity contribution in [3.63, 3.8) is 0 Å². The Balaban J connectivity index is 2.26. The predicted molar refractivity (Wildman–Crippen MR) is 72.5 cm³/mol. The molecule has 2 aromatic rings. The highest BCUT2D eigenvalue weighted by Crippen LogP contribution is 2.21. The Labute approximate surface area is 116 Å². The average Bonchev–Trinajstić information content (AvgIpc) is 2.67. The average molecular weight is 279 g/mol. The molecule has 0 fully saturated rings. The molecule has 0 N–H and O–H groups in total. The zero-order chi connectivity index (χ0) is 14.0. The number of ketones is 1. The largest absolute Gasteiger partial charge is 0.292 e. The van der Waals surface area contributed by atoms with Gasteiger partial charge in [-0.05, 0) is 20.8 Å². The summed E-state index contributed by atoms with van der Waals surface area (Å²) in [5.74, 6) is -0.107. The number of aryl methyl sites for hydroxylation is 3. The molecule has 0 aliphatic carbocycles. The first kappa shape index (κ1) is 13.7. The van der Waals surface area contributed by atoms with E-state index in [1.807, 2.05) is 20.8 Å². The molecule has 0 radical (unpaired) electrons. The van der Waals surface area contributed by atoms with Crippen LogP contribution in [0.15, 0.2) is 12.4 Å². The van der Waals surface area contributed by atoms with Crippen molar-refractivity contribution in [3.05, 3.63) is 40.2 Å².